The zero-order valence-electron chi connectivity index (χ0n) is 14.2. The number of hydrogen-bond donors (Lipinski definition) is 0. The third-order valence-corrected chi connectivity index (χ3v) is 4.78. The monoisotopic (exact) mass is 355 g/mol. The maximum Gasteiger partial charge on any atom is 0.260 e. The molecule has 1 amide bonds. The van der Waals surface area contributed by atoms with Gasteiger partial charge in [0.05, 0.1) is 12.8 Å². The molecule has 3 rings (SSSR count). The summed E-state index contributed by atoms with van der Waals surface area (Å²) in [7, 11) is 0. The van der Waals surface area contributed by atoms with E-state index in [1.165, 1.54) is 4.88 Å². The SMILES string of the molecule is Cc1cccc(OCC(=O)N(CCc2cccs2)Cc2ccco2)c1. The number of nitrogens with zero attached hydrogens (tertiary/aromatic N) is 1. The van der Waals surface area contributed by atoms with Crippen LogP contribution in [0.4, 0.5) is 0 Å². The number of benzene rings is 1. The molecule has 1 aromatic carbocycles. The van der Waals surface area contributed by atoms with Gasteiger partial charge in [0.1, 0.15) is 11.5 Å². The second-order valence-corrected chi connectivity index (χ2v) is 6.86. The van der Waals surface area contributed by atoms with Gasteiger partial charge in [-0.2, -0.15) is 0 Å². The van der Waals surface area contributed by atoms with Crippen LogP contribution in [-0.2, 0) is 17.8 Å². The van der Waals surface area contributed by atoms with Crippen LogP contribution in [0.15, 0.2) is 64.6 Å². The minimum atomic E-state index is -0.0468. The van der Waals surface area contributed by atoms with Crippen molar-refractivity contribution in [3.63, 3.8) is 0 Å². The van der Waals surface area contributed by atoms with Gasteiger partial charge in [-0.05, 0) is 54.6 Å². The van der Waals surface area contributed by atoms with Gasteiger partial charge in [-0.3, -0.25) is 4.79 Å². The van der Waals surface area contributed by atoms with Crippen molar-refractivity contribution in [1.82, 2.24) is 4.90 Å². The molecule has 0 saturated carbocycles. The Kier molecular flexibility index (Phi) is 5.90. The van der Waals surface area contributed by atoms with Crippen LogP contribution in [-0.4, -0.2) is 24.0 Å². The molecule has 130 valence electrons. The lowest BCUT2D eigenvalue weighted by atomic mass is 10.2. The van der Waals surface area contributed by atoms with E-state index in [2.05, 4.69) is 11.4 Å². The molecule has 2 aromatic heterocycles. The van der Waals surface area contributed by atoms with Gasteiger partial charge in [-0.1, -0.05) is 18.2 Å². The summed E-state index contributed by atoms with van der Waals surface area (Å²) >= 11 is 1.70. The van der Waals surface area contributed by atoms with Crippen molar-refractivity contribution < 1.29 is 13.9 Å². The summed E-state index contributed by atoms with van der Waals surface area (Å²) in [6.07, 6.45) is 2.45. The van der Waals surface area contributed by atoms with Crippen molar-refractivity contribution in [1.29, 1.82) is 0 Å². The minimum Gasteiger partial charge on any atom is -0.484 e. The second kappa shape index (κ2) is 8.53. The van der Waals surface area contributed by atoms with Crippen LogP contribution in [0.1, 0.15) is 16.2 Å². The second-order valence-electron chi connectivity index (χ2n) is 5.83. The van der Waals surface area contributed by atoms with Gasteiger partial charge < -0.3 is 14.1 Å². The molecular weight excluding hydrogens is 334 g/mol. The highest BCUT2D eigenvalue weighted by atomic mass is 32.1. The van der Waals surface area contributed by atoms with E-state index >= 15 is 0 Å². The van der Waals surface area contributed by atoms with Crippen molar-refractivity contribution in [2.75, 3.05) is 13.2 Å². The lowest BCUT2D eigenvalue weighted by molar-refractivity contribution is -0.134. The van der Waals surface area contributed by atoms with Crippen LogP contribution < -0.4 is 4.74 Å². The topological polar surface area (TPSA) is 42.7 Å². The predicted octanol–water partition coefficient (Wildman–Crippen LogP) is 4.30. The molecule has 0 spiro atoms. The maximum atomic E-state index is 12.6. The Hall–Kier alpha value is -2.53. The van der Waals surface area contributed by atoms with Gasteiger partial charge in [0.15, 0.2) is 6.61 Å². The average Bonchev–Trinajstić information content (AvgIpc) is 3.30. The van der Waals surface area contributed by atoms with Crippen molar-refractivity contribution in [2.24, 2.45) is 0 Å². The van der Waals surface area contributed by atoms with E-state index in [0.717, 1.165) is 17.7 Å². The highest BCUT2D eigenvalue weighted by molar-refractivity contribution is 7.09. The van der Waals surface area contributed by atoms with Crippen molar-refractivity contribution >= 4 is 17.2 Å². The molecule has 0 N–H and O–H groups in total. The van der Waals surface area contributed by atoms with Crippen LogP contribution in [0.25, 0.3) is 0 Å². The largest absolute Gasteiger partial charge is 0.484 e. The molecule has 0 aliphatic heterocycles. The number of thiophene rings is 1. The molecule has 5 heteroatoms. The molecule has 0 bridgehead atoms. The van der Waals surface area contributed by atoms with Crippen molar-refractivity contribution in [3.8, 4) is 5.75 Å². The van der Waals surface area contributed by atoms with E-state index in [9.17, 15) is 4.79 Å². The highest BCUT2D eigenvalue weighted by Gasteiger charge is 2.16. The number of amides is 1. The number of carbonyl (C=O) groups is 1. The molecule has 4 nitrogen and oxygen atoms in total. The number of rotatable bonds is 8. The molecule has 0 aliphatic rings. The van der Waals surface area contributed by atoms with Gasteiger partial charge in [0.2, 0.25) is 0 Å². The standard InChI is InChI=1S/C20H21NO3S/c1-16-5-2-6-17(13-16)24-15-20(22)21(14-18-7-3-11-23-18)10-9-19-8-4-12-25-19/h2-8,11-13H,9-10,14-15H2,1H3. The number of aryl methyl sites for hydroxylation is 1. The van der Waals surface area contributed by atoms with E-state index < -0.39 is 0 Å². The predicted molar refractivity (Wildman–Crippen MR) is 98.8 cm³/mol. The summed E-state index contributed by atoms with van der Waals surface area (Å²) < 4.78 is 11.1. The quantitative estimate of drug-likeness (QED) is 0.605. The zero-order chi connectivity index (χ0) is 17.5. The van der Waals surface area contributed by atoms with E-state index in [4.69, 9.17) is 9.15 Å². The summed E-state index contributed by atoms with van der Waals surface area (Å²) in [5, 5.41) is 2.05. The van der Waals surface area contributed by atoms with E-state index in [1.807, 2.05) is 49.4 Å². The van der Waals surface area contributed by atoms with Crippen molar-refractivity contribution in [3.05, 3.63) is 76.4 Å². The first-order valence-electron chi connectivity index (χ1n) is 8.23. The summed E-state index contributed by atoms with van der Waals surface area (Å²) in [5.74, 6) is 1.44. The fourth-order valence-electron chi connectivity index (χ4n) is 2.52. The zero-order valence-corrected chi connectivity index (χ0v) is 15.0. The summed E-state index contributed by atoms with van der Waals surface area (Å²) in [4.78, 5) is 15.7. The first-order chi connectivity index (χ1) is 12.2. The molecule has 0 aliphatic carbocycles. The Bertz CT molecular complexity index is 781. The number of furan rings is 1. The molecular formula is C20H21NO3S. The molecule has 0 atom stereocenters. The van der Waals surface area contributed by atoms with E-state index in [0.29, 0.717) is 18.8 Å². The molecule has 25 heavy (non-hydrogen) atoms. The number of ether oxygens (including phenoxy) is 1. The van der Waals surface area contributed by atoms with Crippen LogP contribution in [0.3, 0.4) is 0 Å². The molecule has 0 saturated heterocycles. The Morgan fingerprint density at radius 3 is 2.84 bits per heavy atom. The number of hydrogen-bond acceptors (Lipinski definition) is 4. The van der Waals surface area contributed by atoms with Crippen LogP contribution in [0, 0.1) is 6.92 Å². The Morgan fingerprint density at radius 1 is 1.20 bits per heavy atom. The van der Waals surface area contributed by atoms with Gasteiger partial charge in [-0.25, -0.2) is 0 Å². The van der Waals surface area contributed by atoms with Crippen molar-refractivity contribution in [2.45, 2.75) is 19.9 Å². The molecule has 0 radical (unpaired) electrons. The van der Waals surface area contributed by atoms with Gasteiger partial charge in [0, 0.05) is 11.4 Å². The number of carbonyl (C=O) groups excluding carboxylic acids is 1. The molecule has 0 unspecified atom stereocenters. The Labute approximate surface area is 151 Å². The molecule has 0 fully saturated rings. The Morgan fingerprint density at radius 2 is 2.12 bits per heavy atom. The maximum absolute atomic E-state index is 12.6. The third kappa shape index (κ3) is 5.22. The lowest BCUT2D eigenvalue weighted by Gasteiger charge is -2.21. The average molecular weight is 355 g/mol. The highest BCUT2D eigenvalue weighted by Crippen LogP contribution is 2.14. The van der Waals surface area contributed by atoms with Crippen LogP contribution in [0.5, 0.6) is 5.75 Å². The first-order valence-corrected chi connectivity index (χ1v) is 9.11. The van der Waals surface area contributed by atoms with E-state index in [-0.39, 0.29) is 12.5 Å². The van der Waals surface area contributed by atoms with Crippen LogP contribution in [0.2, 0.25) is 0 Å². The lowest BCUT2D eigenvalue weighted by Crippen LogP contribution is -2.35. The summed E-state index contributed by atoms with van der Waals surface area (Å²) in [6.45, 7) is 3.11. The van der Waals surface area contributed by atoms with Gasteiger partial charge in [0.25, 0.3) is 5.91 Å². The van der Waals surface area contributed by atoms with E-state index in [1.54, 1.807) is 22.5 Å². The third-order valence-electron chi connectivity index (χ3n) is 3.84. The van der Waals surface area contributed by atoms with Crippen LogP contribution >= 0.6 is 11.3 Å². The molecule has 3 aromatic rings. The van der Waals surface area contributed by atoms with Gasteiger partial charge in [-0.15, -0.1) is 11.3 Å². The van der Waals surface area contributed by atoms with Gasteiger partial charge >= 0.3 is 0 Å². The molecule has 2 heterocycles. The fourth-order valence-corrected chi connectivity index (χ4v) is 3.22. The summed E-state index contributed by atoms with van der Waals surface area (Å²) in [5.41, 5.74) is 1.11. The smallest absolute Gasteiger partial charge is 0.260 e. The summed E-state index contributed by atoms with van der Waals surface area (Å²) in [6, 6.07) is 15.5. The first kappa shape index (κ1) is 17.3. The minimum absolute atomic E-state index is 0.0224. The normalized spacial score (nSPS) is 10.6. The Balaban J connectivity index is 1.61. The fraction of sp³-hybridized carbons (Fsp3) is 0.250.